The Morgan fingerprint density at radius 3 is 2.57 bits per heavy atom. The number of carboxylic acid groups (broad SMARTS) is 1. The van der Waals surface area contributed by atoms with Crippen molar-refractivity contribution in [2.45, 2.75) is 44.6 Å². The van der Waals surface area contributed by atoms with Gasteiger partial charge in [-0.3, -0.25) is 19.3 Å². The van der Waals surface area contributed by atoms with E-state index in [-0.39, 0.29) is 23.8 Å². The van der Waals surface area contributed by atoms with Gasteiger partial charge in [-0.2, -0.15) is 0 Å². The SMILES string of the molecule is O=C(O)C(CCCCN1C(=O)C=CC1=O)C1CCCCN1. The molecule has 116 valence electrons. The first-order chi connectivity index (χ1) is 10.1. The maximum atomic E-state index is 11.4. The average Bonchev–Trinajstić information content (AvgIpc) is 2.79. The molecule has 2 N–H and O–H groups in total. The third-order valence-electron chi connectivity index (χ3n) is 4.20. The molecule has 1 fully saturated rings. The molecular formula is C15H22N2O4. The van der Waals surface area contributed by atoms with Gasteiger partial charge in [-0.15, -0.1) is 0 Å². The number of aliphatic carboxylic acids is 1. The predicted octanol–water partition coefficient (Wildman–Crippen LogP) is 0.925. The van der Waals surface area contributed by atoms with Crippen molar-refractivity contribution >= 4 is 17.8 Å². The van der Waals surface area contributed by atoms with Crippen LogP contribution in [0.4, 0.5) is 0 Å². The van der Waals surface area contributed by atoms with Crippen molar-refractivity contribution in [2.24, 2.45) is 5.92 Å². The normalized spacial score (nSPS) is 23.6. The van der Waals surface area contributed by atoms with Gasteiger partial charge in [0.05, 0.1) is 5.92 Å². The number of hydrogen-bond acceptors (Lipinski definition) is 4. The van der Waals surface area contributed by atoms with Gasteiger partial charge in [0.15, 0.2) is 0 Å². The van der Waals surface area contributed by atoms with Crippen LogP contribution < -0.4 is 5.32 Å². The lowest BCUT2D eigenvalue weighted by molar-refractivity contribution is -0.143. The molecule has 0 spiro atoms. The Balaban J connectivity index is 1.73. The Bertz CT molecular complexity index is 423. The number of carboxylic acids is 1. The first-order valence-electron chi connectivity index (χ1n) is 7.59. The number of hydrogen-bond donors (Lipinski definition) is 2. The first-order valence-corrected chi connectivity index (χ1v) is 7.59. The van der Waals surface area contributed by atoms with E-state index in [4.69, 9.17) is 0 Å². The zero-order valence-corrected chi connectivity index (χ0v) is 12.1. The zero-order chi connectivity index (χ0) is 15.2. The number of piperidine rings is 1. The Morgan fingerprint density at radius 2 is 2.00 bits per heavy atom. The Labute approximate surface area is 124 Å². The van der Waals surface area contributed by atoms with Gasteiger partial charge in [-0.25, -0.2) is 0 Å². The second kappa shape index (κ2) is 7.36. The molecule has 21 heavy (non-hydrogen) atoms. The number of imide groups is 1. The van der Waals surface area contributed by atoms with E-state index in [2.05, 4.69) is 5.32 Å². The minimum absolute atomic E-state index is 0.0490. The lowest BCUT2D eigenvalue weighted by Gasteiger charge is -2.29. The van der Waals surface area contributed by atoms with Crippen LogP contribution in [-0.4, -0.2) is 46.9 Å². The molecule has 0 radical (unpaired) electrons. The molecule has 1 saturated heterocycles. The molecule has 0 aromatic carbocycles. The van der Waals surface area contributed by atoms with Crippen LogP contribution in [0.2, 0.25) is 0 Å². The van der Waals surface area contributed by atoms with E-state index in [1.54, 1.807) is 0 Å². The second-order valence-electron chi connectivity index (χ2n) is 5.66. The van der Waals surface area contributed by atoms with E-state index in [0.29, 0.717) is 25.8 Å². The Kier molecular flexibility index (Phi) is 5.50. The van der Waals surface area contributed by atoms with Crippen molar-refractivity contribution in [3.63, 3.8) is 0 Å². The number of amides is 2. The van der Waals surface area contributed by atoms with Crippen LogP contribution in [0.15, 0.2) is 12.2 Å². The van der Waals surface area contributed by atoms with Gasteiger partial charge in [-0.05, 0) is 32.2 Å². The van der Waals surface area contributed by atoms with Crippen molar-refractivity contribution in [2.75, 3.05) is 13.1 Å². The highest BCUT2D eigenvalue weighted by Crippen LogP contribution is 2.21. The van der Waals surface area contributed by atoms with Gasteiger partial charge in [0.25, 0.3) is 11.8 Å². The topological polar surface area (TPSA) is 86.7 Å². The van der Waals surface area contributed by atoms with Crippen molar-refractivity contribution in [1.82, 2.24) is 10.2 Å². The summed E-state index contributed by atoms with van der Waals surface area (Å²) in [5, 5.41) is 12.6. The van der Waals surface area contributed by atoms with Crippen molar-refractivity contribution in [1.29, 1.82) is 0 Å². The highest BCUT2D eigenvalue weighted by Gasteiger charge is 2.29. The number of nitrogens with zero attached hydrogens (tertiary/aromatic N) is 1. The van der Waals surface area contributed by atoms with Gasteiger partial charge in [0.1, 0.15) is 0 Å². The molecule has 2 heterocycles. The highest BCUT2D eigenvalue weighted by atomic mass is 16.4. The minimum Gasteiger partial charge on any atom is -0.481 e. The van der Waals surface area contributed by atoms with Crippen LogP contribution >= 0.6 is 0 Å². The summed E-state index contributed by atoms with van der Waals surface area (Å²) in [5.74, 6) is -1.69. The molecule has 2 amide bonds. The van der Waals surface area contributed by atoms with Crippen molar-refractivity contribution in [3.05, 3.63) is 12.2 Å². The number of rotatable bonds is 7. The molecule has 0 aromatic rings. The second-order valence-corrected chi connectivity index (χ2v) is 5.66. The van der Waals surface area contributed by atoms with Crippen molar-refractivity contribution < 1.29 is 19.5 Å². The van der Waals surface area contributed by atoms with Crippen LogP contribution in [0, 0.1) is 5.92 Å². The van der Waals surface area contributed by atoms with E-state index >= 15 is 0 Å². The van der Waals surface area contributed by atoms with Crippen LogP contribution in [0.1, 0.15) is 38.5 Å². The van der Waals surface area contributed by atoms with Crippen LogP contribution in [0.25, 0.3) is 0 Å². The number of nitrogens with one attached hydrogen (secondary N) is 1. The van der Waals surface area contributed by atoms with E-state index in [9.17, 15) is 19.5 Å². The molecule has 2 rings (SSSR count). The lowest BCUT2D eigenvalue weighted by atomic mass is 9.88. The monoisotopic (exact) mass is 294 g/mol. The van der Waals surface area contributed by atoms with Crippen LogP contribution in [0.5, 0.6) is 0 Å². The number of carbonyl (C=O) groups is 3. The fourth-order valence-electron chi connectivity index (χ4n) is 3.00. The van der Waals surface area contributed by atoms with E-state index in [1.807, 2.05) is 0 Å². The van der Waals surface area contributed by atoms with Crippen LogP contribution in [-0.2, 0) is 14.4 Å². The summed E-state index contributed by atoms with van der Waals surface area (Å²) in [5.41, 5.74) is 0. The molecule has 0 aliphatic carbocycles. The summed E-state index contributed by atoms with van der Waals surface area (Å²) in [6.07, 6.45) is 7.56. The zero-order valence-electron chi connectivity index (χ0n) is 12.1. The summed E-state index contributed by atoms with van der Waals surface area (Å²) >= 11 is 0. The van der Waals surface area contributed by atoms with Gasteiger partial charge in [0.2, 0.25) is 0 Å². The molecule has 2 aliphatic heterocycles. The van der Waals surface area contributed by atoms with E-state index in [1.165, 1.54) is 17.1 Å². The first kappa shape index (κ1) is 15.7. The Hall–Kier alpha value is -1.69. The van der Waals surface area contributed by atoms with E-state index in [0.717, 1.165) is 25.8 Å². The summed E-state index contributed by atoms with van der Waals surface area (Å²) in [6.45, 7) is 1.26. The highest BCUT2D eigenvalue weighted by molar-refractivity contribution is 6.12. The Morgan fingerprint density at radius 1 is 1.29 bits per heavy atom. The lowest BCUT2D eigenvalue weighted by Crippen LogP contribution is -2.43. The summed E-state index contributed by atoms with van der Waals surface area (Å²) < 4.78 is 0. The van der Waals surface area contributed by atoms with Gasteiger partial charge in [-0.1, -0.05) is 12.8 Å². The molecule has 2 unspecified atom stereocenters. The minimum atomic E-state index is -0.760. The standard InChI is InChI=1S/C15H22N2O4/c18-13-7-8-14(19)17(13)10-4-2-5-11(15(20)21)12-6-1-3-9-16-12/h7-8,11-12,16H,1-6,9-10H2,(H,20,21). The number of carbonyl (C=O) groups excluding carboxylic acids is 2. The fourth-order valence-corrected chi connectivity index (χ4v) is 3.00. The van der Waals surface area contributed by atoms with Gasteiger partial charge in [0, 0.05) is 24.7 Å². The van der Waals surface area contributed by atoms with Gasteiger partial charge >= 0.3 is 5.97 Å². The smallest absolute Gasteiger partial charge is 0.308 e. The molecule has 0 aromatic heterocycles. The third-order valence-corrected chi connectivity index (χ3v) is 4.20. The third kappa shape index (κ3) is 4.14. The van der Waals surface area contributed by atoms with Gasteiger partial charge < -0.3 is 10.4 Å². The largest absolute Gasteiger partial charge is 0.481 e. The molecule has 0 bridgehead atoms. The predicted molar refractivity (Wildman–Crippen MR) is 76.5 cm³/mol. The maximum absolute atomic E-state index is 11.4. The molecule has 0 saturated carbocycles. The van der Waals surface area contributed by atoms with Crippen molar-refractivity contribution in [3.8, 4) is 0 Å². The summed E-state index contributed by atoms with van der Waals surface area (Å²) in [7, 11) is 0. The fraction of sp³-hybridized carbons (Fsp3) is 0.667. The maximum Gasteiger partial charge on any atom is 0.308 e. The summed E-state index contributed by atoms with van der Waals surface area (Å²) in [6, 6.07) is 0.0490. The molecule has 2 atom stereocenters. The quantitative estimate of drug-likeness (QED) is 0.539. The molecule has 6 heteroatoms. The average molecular weight is 294 g/mol. The molecule has 6 nitrogen and oxygen atoms in total. The number of unbranched alkanes of at least 4 members (excludes halogenated alkanes) is 1. The van der Waals surface area contributed by atoms with E-state index < -0.39 is 5.97 Å². The summed E-state index contributed by atoms with van der Waals surface area (Å²) in [4.78, 5) is 35.4. The van der Waals surface area contributed by atoms with Crippen LogP contribution in [0.3, 0.4) is 0 Å². The molecular weight excluding hydrogens is 272 g/mol. The molecule has 2 aliphatic rings.